The van der Waals surface area contributed by atoms with Gasteiger partial charge in [-0.25, -0.2) is 0 Å². The molecule has 0 aliphatic heterocycles. The summed E-state index contributed by atoms with van der Waals surface area (Å²) in [6, 6.07) is 12.0. The molecule has 0 fully saturated rings. The van der Waals surface area contributed by atoms with Crippen LogP contribution in [0, 0.1) is 20.8 Å². The molecule has 0 aromatic heterocycles. The van der Waals surface area contributed by atoms with Gasteiger partial charge in [0, 0.05) is 16.8 Å². The lowest BCUT2D eigenvalue weighted by Gasteiger charge is -2.25. The van der Waals surface area contributed by atoms with Gasteiger partial charge in [0.05, 0.1) is 6.54 Å². The van der Waals surface area contributed by atoms with E-state index in [2.05, 4.69) is 31.3 Å². The lowest BCUT2D eigenvalue weighted by molar-refractivity contribution is -0.117. The Morgan fingerprint density at radius 3 is 2.33 bits per heavy atom. The highest BCUT2D eigenvalue weighted by Gasteiger charge is 2.17. The first-order valence-electron chi connectivity index (χ1n) is 8.12. The molecule has 4 heteroatoms. The van der Waals surface area contributed by atoms with Crippen molar-refractivity contribution in [3.05, 3.63) is 63.7 Å². The largest absolute Gasteiger partial charge is 0.324 e. The van der Waals surface area contributed by atoms with Crippen molar-refractivity contribution in [2.75, 3.05) is 18.9 Å². The summed E-state index contributed by atoms with van der Waals surface area (Å²) in [6.45, 7) is 8.46. The number of nitrogens with zero attached hydrogens (tertiary/aromatic N) is 1. The average Bonchev–Trinajstić information content (AvgIpc) is 2.50. The maximum atomic E-state index is 12.4. The lowest BCUT2D eigenvalue weighted by Crippen LogP contribution is -2.32. The molecular weight excluding hydrogens is 320 g/mol. The number of anilines is 1. The van der Waals surface area contributed by atoms with Crippen molar-refractivity contribution in [3.63, 3.8) is 0 Å². The molecule has 1 N–H and O–H groups in total. The monoisotopic (exact) mass is 344 g/mol. The Balaban J connectivity index is 2.06. The molecule has 2 aromatic rings. The van der Waals surface area contributed by atoms with Crippen molar-refractivity contribution < 1.29 is 4.79 Å². The van der Waals surface area contributed by atoms with Gasteiger partial charge in [-0.3, -0.25) is 9.69 Å². The van der Waals surface area contributed by atoms with Crippen molar-refractivity contribution in [1.29, 1.82) is 0 Å². The van der Waals surface area contributed by atoms with Gasteiger partial charge in [-0.05, 0) is 57.5 Å². The van der Waals surface area contributed by atoms with E-state index in [1.54, 1.807) is 0 Å². The Bertz CT molecular complexity index is 719. The topological polar surface area (TPSA) is 32.3 Å². The number of carbonyl (C=O) groups is 1. The Morgan fingerprint density at radius 1 is 1.17 bits per heavy atom. The van der Waals surface area contributed by atoms with Gasteiger partial charge in [-0.1, -0.05) is 47.5 Å². The second-order valence-corrected chi connectivity index (χ2v) is 6.84. The summed E-state index contributed by atoms with van der Waals surface area (Å²) in [7, 11) is 1.93. The summed E-state index contributed by atoms with van der Waals surface area (Å²) >= 11 is 6.26. The Kier molecular flexibility index (Phi) is 6.03. The van der Waals surface area contributed by atoms with E-state index in [9.17, 15) is 4.79 Å². The summed E-state index contributed by atoms with van der Waals surface area (Å²) in [5.74, 6) is -0.0218. The number of amides is 1. The van der Waals surface area contributed by atoms with Crippen LogP contribution in [-0.2, 0) is 4.79 Å². The van der Waals surface area contributed by atoms with E-state index >= 15 is 0 Å². The third-order valence-corrected chi connectivity index (χ3v) is 4.70. The predicted octanol–water partition coefficient (Wildman–Crippen LogP) is 4.90. The molecule has 0 unspecified atom stereocenters. The quantitative estimate of drug-likeness (QED) is 0.836. The van der Waals surface area contributed by atoms with Crippen LogP contribution in [0.3, 0.4) is 0 Å². The zero-order chi connectivity index (χ0) is 17.9. The van der Waals surface area contributed by atoms with E-state index in [1.807, 2.05) is 50.1 Å². The number of rotatable bonds is 5. The molecule has 0 saturated carbocycles. The van der Waals surface area contributed by atoms with Crippen LogP contribution >= 0.6 is 11.6 Å². The Morgan fingerprint density at radius 2 is 1.75 bits per heavy atom. The van der Waals surface area contributed by atoms with Crippen LogP contribution in [0.4, 0.5) is 5.69 Å². The zero-order valence-corrected chi connectivity index (χ0v) is 15.7. The van der Waals surface area contributed by atoms with E-state index in [0.717, 1.165) is 27.4 Å². The lowest BCUT2D eigenvalue weighted by atomic mass is 10.0. The minimum absolute atomic E-state index is 0.0218. The number of hydrogen-bond acceptors (Lipinski definition) is 2. The number of likely N-dealkylation sites (N-methyl/N-ethyl adjacent to an activating group) is 1. The van der Waals surface area contributed by atoms with Gasteiger partial charge >= 0.3 is 0 Å². The van der Waals surface area contributed by atoms with E-state index in [1.165, 1.54) is 5.56 Å². The second-order valence-electron chi connectivity index (χ2n) is 6.43. The van der Waals surface area contributed by atoms with Crippen molar-refractivity contribution in [2.24, 2.45) is 0 Å². The van der Waals surface area contributed by atoms with Gasteiger partial charge in [0.15, 0.2) is 0 Å². The van der Waals surface area contributed by atoms with E-state index in [0.29, 0.717) is 6.54 Å². The summed E-state index contributed by atoms with van der Waals surface area (Å²) in [5, 5.41) is 3.77. The van der Waals surface area contributed by atoms with Crippen LogP contribution in [0.15, 0.2) is 36.4 Å². The van der Waals surface area contributed by atoms with Gasteiger partial charge in [0.2, 0.25) is 5.91 Å². The van der Waals surface area contributed by atoms with Crippen molar-refractivity contribution in [3.8, 4) is 0 Å². The maximum Gasteiger partial charge on any atom is 0.238 e. The van der Waals surface area contributed by atoms with Crippen LogP contribution in [0.1, 0.15) is 35.2 Å². The van der Waals surface area contributed by atoms with E-state index in [-0.39, 0.29) is 11.9 Å². The molecule has 128 valence electrons. The van der Waals surface area contributed by atoms with Gasteiger partial charge < -0.3 is 5.32 Å². The molecule has 0 saturated heterocycles. The highest BCUT2D eigenvalue weighted by molar-refractivity contribution is 6.31. The first-order valence-corrected chi connectivity index (χ1v) is 8.49. The number of aryl methyl sites for hydroxylation is 3. The molecule has 0 heterocycles. The molecule has 2 rings (SSSR count). The second kappa shape index (κ2) is 7.82. The first-order chi connectivity index (χ1) is 11.3. The summed E-state index contributed by atoms with van der Waals surface area (Å²) in [5.41, 5.74) is 5.30. The SMILES string of the molecule is Cc1cc(C)c(NC(=O)CN(C)[C@@H](C)c2ccccc2Cl)c(C)c1. The Hall–Kier alpha value is -1.84. The van der Waals surface area contributed by atoms with Crippen LogP contribution in [0.25, 0.3) is 0 Å². The standard InChI is InChI=1S/C20H25ClN2O/c1-13-10-14(2)20(15(3)11-13)22-19(24)12-23(5)16(4)17-8-6-7-9-18(17)21/h6-11,16H,12H2,1-5H3,(H,22,24)/t16-/m0/s1. The van der Waals surface area contributed by atoms with Gasteiger partial charge in [0.25, 0.3) is 0 Å². The number of nitrogens with one attached hydrogen (secondary N) is 1. The molecular formula is C20H25ClN2O. The van der Waals surface area contributed by atoms with Crippen molar-refractivity contribution in [1.82, 2.24) is 4.90 Å². The molecule has 24 heavy (non-hydrogen) atoms. The molecule has 2 aromatic carbocycles. The van der Waals surface area contributed by atoms with E-state index in [4.69, 9.17) is 11.6 Å². The van der Waals surface area contributed by atoms with Gasteiger partial charge in [0.1, 0.15) is 0 Å². The smallest absolute Gasteiger partial charge is 0.238 e. The molecule has 0 aliphatic carbocycles. The van der Waals surface area contributed by atoms with Crippen LogP contribution in [0.2, 0.25) is 5.02 Å². The minimum atomic E-state index is -0.0218. The molecule has 3 nitrogen and oxygen atoms in total. The fraction of sp³-hybridized carbons (Fsp3) is 0.350. The van der Waals surface area contributed by atoms with Crippen LogP contribution in [-0.4, -0.2) is 24.4 Å². The third-order valence-electron chi connectivity index (χ3n) is 4.35. The molecule has 1 amide bonds. The molecule has 0 spiro atoms. The fourth-order valence-corrected chi connectivity index (χ4v) is 3.26. The van der Waals surface area contributed by atoms with Crippen LogP contribution in [0.5, 0.6) is 0 Å². The molecule has 0 radical (unpaired) electrons. The summed E-state index contributed by atoms with van der Waals surface area (Å²) < 4.78 is 0. The summed E-state index contributed by atoms with van der Waals surface area (Å²) in [6.07, 6.45) is 0. The minimum Gasteiger partial charge on any atom is -0.324 e. The fourth-order valence-electron chi connectivity index (χ4n) is 2.97. The number of hydrogen-bond donors (Lipinski definition) is 1. The molecule has 0 aliphatic rings. The van der Waals surface area contributed by atoms with Crippen molar-refractivity contribution in [2.45, 2.75) is 33.7 Å². The predicted molar refractivity (Wildman–Crippen MR) is 102 cm³/mol. The molecule has 0 bridgehead atoms. The highest BCUT2D eigenvalue weighted by atomic mass is 35.5. The van der Waals surface area contributed by atoms with Crippen molar-refractivity contribution >= 4 is 23.2 Å². The van der Waals surface area contributed by atoms with Gasteiger partial charge in [-0.15, -0.1) is 0 Å². The summed E-state index contributed by atoms with van der Waals surface area (Å²) in [4.78, 5) is 14.4. The first kappa shape index (κ1) is 18.5. The van der Waals surface area contributed by atoms with Gasteiger partial charge in [-0.2, -0.15) is 0 Å². The normalized spacial score (nSPS) is 12.3. The van der Waals surface area contributed by atoms with Crippen LogP contribution < -0.4 is 5.32 Å². The molecule has 1 atom stereocenters. The Labute approximate surface area is 149 Å². The zero-order valence-electron chi connectivity index (χ0n) is 15.0. The number of benzene rings is 2. The number of halogens is 1. The highest BCUT2D eigenvalue weighted by Crippen LogP contribution is 2.26. The maximum absolute atomic E-state index is 12.4. The van der Waals surface area contributed by atoms with E-state index < -0.39 is 0 Å². The third kappa shape index (κ3) is 4.37. The average molecular weight is 345 g/mol. The number of carbonyl (C=O) groups excluding carboxylic acids is 1.